The number of nitrogens with one attached hydrogen (secondary N) is 1. The van der Waals surface area contributed by atoms with E-state index in [-0.39, 0.29) is 0 Å². The van der Waals surface area contributed by atoms with Gasteiger partial charge in [0.2, 0.25) is 5.88 Å². The molecule has 0 atom stereocenters. The monoisotopic (exact) mass is 273 g/mol. The summed E-state index contributed by atoms with van der Waals surface area (Å²) in [5, 5.41) is 3.25. The van der Waals surface area contributed by atoms with Crippen molar-refractivity contribution in [3.63, 3.8) is 0 Å². The molecule has 0 bridgehead atoms. The molecule has 1 fully saturated rings. The smallest absolute Gasteiger partial charge is 0.239 e. The van der Waals surface area contributed by atoms with Gasteiger partial charge in [-0.1, -0.05) is 0 Å². The summed E-state index contributed by atoms with van der Waals surface area (Å²) in [6.07, 6.45) is 5.00. The molecule has 0 amide bonds. The van der Waals surface area contributed by atoms with Crippen molar-refractivity contribution in [2.24, 2.45) is 5.92 Å². The Kier molecular flexibility index (Phi) is 3.76. The van der Waals surface area contributed by atoms with Gasteiger partial charge in [-0.05, 0) is 43.0 Å². The molecule has 5 nitrogen and oxygen atoms in total. The zero-order chi connectivity index (χ0) is 13.8. The highest BCUT2D eigenvalue weighted by atomic mass is 16.5. The van der Waals surface area contributed by atoms with Crippen molar-refractivity contribution in [3.8, 4) is 5.88 Å². The van der Waals surface area contributed by atoms with Gasteiger partial charge >= 0.3 is 0 Å². The number of nitrogens with two attached hydrogens (primary N) is 1. The van der Waals surface area contributed by atoms with Gasteiger partial charge in [-0.25, -0.2) is 0 Å². The lowest BCUT2D eigenvalue weighted by atomic mass is 10.3. The molecule has 0 aliphatic heterocycles. The second kappa shape index (κ2) is 5.86. The Balaban J connectivity index is 1.53. The SMILES string of the molecule is Nc1ccc(NCCc2ccco2)nc1OCC1CC1. The minimum absolute atomic E-state index is 0.528. The number of nitrogens with zero attached hydrogens (tertiary/aromatic N) is 1. The molecule has 0 radical (unpaired) electrons. The Labute approximate surface area is 118 Å². The molecule has 2 heterocycles. The van der Waals surface area contributed by atoms with E-state index in [0.717, 1.165) is 24.5 Å². The number of hydrogen-bond donors (Lipinski definition) is 2. The first kappa shape index (κ1) is 12.8. The van der Waals surface area contributed by atoms with Crippen molar-refractivity contribution in [2.45, 2.75) is 19.3 Å². The number of ether oxygens (including phenoxy) is 1. The number of pyridine rings is 1. The molecule has 3 N–H and O–H groups in total. The summed E-state index contributed by atoms with van der Waals surface area (Å²) in [5.41, 5.74) is 6.46. The van der Waals surface area contributed by atoms with E-state index in [2.05, 4.69) is 10.3 Å². The van der Waals surface area contributed by atoms with Gasteiger partial charge in [0.15, 0.2) is 0 Å². The summed E-state index contributed by atoms with van der Waals surface area (Å²) in [7, 11) is 0. The van der Waals surface area contributed by atoms with Crippen LogP contribution in [0.3, 0.4) is 0 Å². The van der Waals surface area contributed by atoms with E-state index >= 15 is 0 Å². The molecule has 106 valence electrons. The number of aromatic nitrogens is 1. The van der Waals surface area contributed by atoms with Crippen LogP contribution in [0.25, 0.3) is 0 Å². The van der Waals surface area contributed by atoms with Crippen LogP contribution in [-0.2, 0) is 6.42 Å². The summed E-state index contributed by atoms with van der Waals surface area (Å²) in [5.74, 6) is 2.95. The highest BCUT2D eigenvalue weighted by Gasteiger charge is 2.22. The quantitative estimate of drug-likeness (QED) is 0.811. The maximum absolute atomic E-state index is 5.87. The van der Waals surface area contributed by atoms with Gasteiger partial charge in [-0.2, -0.15) is 4.98 Å². The lowest BCUT2D eigenvalue weighted by molar-refractivity contribution is 0.290. The Morgan fingerprint density at radius 3 is 3.00 bits per heavy atom. The normalized spacial score (nSPS) is 14.2. The molecule has 2 aromatic heterocycles. The summed E-state index contributed by atoms with van der Waals surface area (Å²) in [6.45, 7) is 1.47. The van der Waals surface area contributed by atoms with Crippen molar-refractivity contribution in [2.75, 3.05) is 24.2 Å². The third kappa shape index (κ3) is 3.44. The van der Waals surface area contributed by atoms with Crippen molar-refractivity contribution in [1.82, 2.24) is 4.98 Å². The van der Waals surface area contributed by atoms with Crippen LogP contribution in [0.2, 0.25) is 0 Å². The fraction of sp³-hybridized carbons (Fsp3) is 0.400. The number of furan rings is 1. The molecule has 20 heavy (non-hydrogen) atoms. The Morgan fingerprint density at radius 1 is 1.35 bits per heavy atom. The van der Waals surface area contributed by atoms with Crippen LogP contribution in [0.4, 0.5) is 11.5 Å². The maximum Gasteiger partial charge on any atom is 0.239 e. The average Bonchev–Trinajstić information content (AvgIpc) is 3.14. The Morgan fingerprint density at radius 2 is 2.25 bits per heavy atom. The molecule has 5 heteroatoms. The molecule has 1 saturated carbocycles. The third-order valence-corrected chi connectivity index (χ3v) is 3.30. The minimum Gasteiger partial charge on any atom is -0.476 e. The van der Waals surface area contributed by atoms with Crippen LogP contribution in [0, 0.1) is 5.92 Å². The predicted octanol–water partition coefficient (Wildman–Crippen LogP) is 2.70. The predicted molar refractivity (Wildman–Crippen MR) is 77.8 cm³/mol. The average molecular weight is 273 g/mol. The molecule has 2 aromatic rings. The summed E-state index contributed by atoms with van der Waals surface area (Å²) in [4.78, 5) is 4.40. The number of nitrogen functional groups attached to an aromatic ring is 1. The second-order valence-corrected chi connectivity index (χ2v) is 5.10. The topological polar surface area (TPSA) is 73.3 Å². The number of anilines is 2. The maximum atomic E-state index is 5.87. The highest BCUT2D eigenvalue weighted by Crippen LogP contribution is 2.30. The van der Waals surface area contributed by atoms with Crippen LogP contribution in [0.5, 0.6) is 5.88 Å². The van der Waals surface area contributed by atoms with E-state index in [0.29, 0.717) is 24.1 Å². The lowest BCUT2D eigenvalue weighted by Gasteiger charge is -2.10. The summed E-state index contributed by atoms with van der Waals surface area (Å²) >= 11 is 0. The number of hydrogen-bond acceptors (Lipinski definition) is 5. The molecular weight excluding hydrogens is 254 g/mol. The van der Waals surface area contributed by atoms with E-state index < -0.39 is 0 Å². The standard InChI is InChI=1S/C15H19N3O2/c16-13-5-6-14(17-8-7-12-2-1-9-19-12)18-15(13)20-10-11-3-4-11/h1-2,5-6,9,11H,3-4,7-8,10,16H2,(H,17,18). The zero-order valence-corrected chi connectivity index (χ0v) is 11.3. The van der Waals surface area contributed by atoms with Gasteiger partial charge in [0.1, 0.15) is 11.6 Å². The minimum atomic E-state index is 0.528. The molecule has 3 rings (SSSR count). The van der Waals surface area contributed by atoms with E-state index in [1.54, 1.807) is 6.26 Å². The van der Waals surface area contributed by atoms with Crippen LogP contribution >= 0.6 is 0 Å². The highest BCUT2D eigenvalue weighted by molar-refractivity contribution is 5.53. The second-order valence-electron chi connectivity index (χ2n) is 5.10. The molecule has 0 spiro atoms. The Hall–Kier alpha value is -2.17. The fourth-order valence-corrected chi connectivity index (χ4v) is 1.92. The largest absolute Gasteiger partial charge is 0.476 e. The van der Waals surface area contributed by atoms with Crippen molar-refractivity contribution >= 4 is 11.5 Å². The van der Waals surface area contributed by atoms with Crippen LogP contribution < -0.4 is 15.8 Å². The molecule has 0 saturated heterocycles. The first-order valence-electron chi connectivity index (χ1n) is 6.97. The summed E-state index contributed by atoms with van der Waals surface area (Å²) < 4.78 is 10.9. The fourth-order valence-electron chi connectivity index (χ4n) is 1.92. The lowest BCUT2D eigenvalue weighted by Crippen LogP contribution is -2.08. The first-order valence-corrected chi connectivity index (χ1v) is 6.97. The van der Waals surface area contributed by atoms with Crippen LogP contribution in [0.15, 0.2) is 34.9 Å². The van der Waals surface area contributed by atoms with Gasteiger partial charge < -0.3 is 20.2 Å². The van der Waals surface area contributed by atoms with Crippen molar-refractivity contribution < 1.29 is 9.15 Å². The zero-order valence-electron chi connectivity index (χ0n) is 11.3. The first-order chi connectivity index (χ1) is 9.81. The molecule has 0 aromatic carbocycles. The molecule has 1 aliphatic carbocycles. The van der Waals surface area contributed by atoms with Crippen LogP contribution in [0.1, 0.15) is 18.6 Å². The van der Waals surface area contributed by atoms with Crippen molar-refractivity contribution in [3.05, 3.63) is 36.3 Å². The van der Waals surface area contributed by atoms with E-state index in [1.165, 1.54) is 12.8 Å². The summed E-state index contributed by atoms with van der Waals surface area (Å²) in [6, 6.07) is 7.54. The van der Waals surface area contributed by atoms with Crippen molar-refractivity contribution in [1.29, 1.82) is 0 Å². The number of rotatable bonds is 7. The third-order valence-electron chi connectivity index (χ3n) is 3.30. The Bertz CT molecular complexity index is 550. The molecule has 1 aliphatic rings. The van der Waals surface area contributed by atoms with Gasteiger partial charge in [-0.3, -0.25) is 0 Å². The van der Waals surface area contributed by atoms with Crippen LogP contribution in [-0.4, -0.2) is 18.1 Å². The molecule has 0 unspecified atom stereocenters. The molecular formula is C15H19N3O2. The van der Waals surface area contributed by atoms with E-state index in [9.17, 15) is 0 Å². The van der Waals surface area contributed by atoms with Gasteiger partial charge in [-0.15, -0.1) is 0 Å². The van der Waals surface area contributed by atoms with Gasteiger partial charge in [0.25, 0.3) is 0 Å². The van der Waals surface area contributed by atoms with E-state index in [4.69, 9.17) is 14.9 Å². The van der Waals surface area contributed by atoms with E-state index in [1.807, 2.05) is 24.3 Å². The van der Waals surface area contributed by atoms with Gasteiger partial charge in [0, 0.05) is 13.0 Å². The van der Waals surface area contributed by atoms with Gasteiger partial charge in [0.05, 0.1) is 18.6 Å².